The average molecular weight is 486 g/mol. The molecule has 0 radical (unpaired) electrons. The summed E-state index contributed by atoms with van der Waals surface area (Å²) >= 11 is 11.8. The number of nitrogens with one attached hydrogen (secondary N) is 2. The smallest absolute Gasteiger partial charge is 0.231 e. The molecule has 0 unspecified atom stereocenters. The summed E-state index contributed by atoms with van der Waals surface area (Å²) < 4.78 is 0. The normalized spacial score (nSPS) is 22.6. The molecule has 1 aromatic heterocycles. The number of hydrogen-bond donors (Lipinski definition) is 2. The van der Waals surface area contributed by atoms with Crippen molar-refractivity contribution in [3.63, 3.8) is 0 Å². The van der Waals surface area contributed by atoms with Gasteiger partial charge in [-0.05, 0) is 67.9 Å². The molecule has 1 aromatic carbocycles. The van der Waals surface area contributed by atoms with Crippen molar-refractivity contribution in [1.29, 1.82) is 0 Å². The highest BCUT2D eigenvalue weighted by Gasteiger charge is 2.34. The maximum Gasteiger partial charge on any atom is 0.231 e. The first-order valence-corrected chi connectivity index (χ1v) is 13.0. The molecule has 4 rings (SSSR count). The molecule has 2 heterocycles. The molecule has 1 aliphatic carbocycles. The number of rotatable bonds is 5. The van der Waals surface area contributed by atoms with Gasteiger partial charge in [-0.2, -0.15) is 4.98 Å². The fourth-order valence-corrected chi connectivity index (χ4v) is 5.90. The van der Waals surface area contributed by atoms with E-state index < -0.39 is 0 Å². The lowest BCUT2D eigenvalue weighted by Gasteiger charge is -2.38. The number of aromatic nitrogens is 2. The summed E-state index contributed by atoms with van der Waals surface area (Å²) in [5, 5.41) is 8.09. The Balaban J connectivity index is 1.43. The van der Waals surface area contributed by atoms with E-state index in [1.54, 1.807) is 0 Å². The molecular weight excluding hydrogens is 450 g/mol. The van der Waals surface area contributed by atoms with E-state index in [-0.39, 0.29) is 5.41 Å². The molecule has 0 amide bonds. The molecule has 0 spiro atoms. The molecular formula is C26H36ClN5S. The Kier molecular flexibility index (Phi) is 7.75. The molecule has 178 valence electrons. The van der Waals surface area contributed by atoms with Crippen LogP contribution in [0.3, 0.4) is 0 Å². The zero-order valence-corrected chi connectivity index (χ0v) is 21.6. The second kappa shape index (κ2) is 10.6. The van der Waals surface area contributed by atoms with Crippen molar-refractivity contribution in [1.82, 2.24) is 15.3 Å². The van der Waals surface area contributed by atoms with Crippen LogP contribution in [0.4, 0.5) is 11.8 Å². The molecule has 0 bridgehead atoms. The third-order valence-electron chi connectivity index (χ3n) is 7.11. The zero-order valence-electron chi connectivity index (χ0n) is 20.0. The number of anilines is 2. The van der Waals surface area contributed by atoms with Gasteiger partial charge in [-0.3, -0.25) is 0 Å². The molecule has 2 aliphatic rings. The fourth-order valence-electron chi connectivity index (χ4n) is 5.61. The summed E-state index contributed by atoms with van der Waals surface area (Å²) in [5.74, 6) is 2.89. The van der Waals surface area contributed by atoms with E-state index in [1.165, 1.54) is 31.2 Å². The Morgan fingerprint density at radius 1 is 1.09 bits per heavy atom. The molecule has 7 heteroatoms. The third-order valence-corrected chi connectivity index (χ3v) is 7.61. The number of piperidine rings is 1. The number of aryl methyl sites for hydroxylation is 1. The van der Waals surface area contributed by atoms with Crippen molar-refractivity contribution >= 4 is 40.7 Å². The molecule has 1 saturated carbocycles. The largest absolute Gasteiger partial charge is 0.361 e. The molecule has 2 atom stereocenters. The lowest BCUT2D eigenvalue weighted by atomic mass is 9.69. The first kappa shape index (κ1) is 24.2. The summed E-state index contributed by atoms with van der Waals surface area (Å²) in [6, 6.07) is 10.4. The monoisotopic (exact) mass is 485 g/mol. The van der Waals surface area contributed by atoms with Gasteiger partial charge in [-0.1, -0.05) is 56.8 Å². The SMILES string of the molecule is Cc1cc(N2C[C@H](C)C[C@@H](C)C2)nc(NC(=S)NCC2(c3ccc(Cl)cc3)CCCCC2)n1. The Labute approximate surface area is 208 Å². The van der Waals surface area contributed by atoms with Crippen LogP contribution in [0.25, 0.3) is 0 Å². The van der Waals surface area contributed by atoms with E-state index in [0.717, 1.165) is 49.0 Å². The quantitative estimate of drug-likeness (QED) is 0.498. The van der Waals surface area contributed by atoms with Crippen molar-refractivity contribution in [2.45, 2.75) is 64.7 Å². The van der Waals surface area contributed by atoms with Crippen LogP contribution in [-0.2, 0) is 5.41 Å². The first-order valence-electron chi connectivity index (χ1n) is 12.2. The van der Waals surface area contributed by atoms with Gasteiger partial charge in [0.05, 0.1) is 0 Å². The number of benzene rings is 1. The second-order valence-corrected chi connectivity index (χ2v) is 11.0. The topological polar surface area (TPSA) is 53.1 Å². The van der Waals surface area contributed by atoms with Crippen LogP contribution < -0.4 is 15.5 Å². The number of halogens is 1. The van der Waals surface area contributed by atoms with E-state index in [4.69, 9.17) is 28.8 Å². The van der Waals surface area contributed by atoms with Crippen LogP contribution >= 0.6 is 23.8 Å². The van der Waals surface area contributed by atoms with Crippen LogP contribution in [0.15, 0.2) is 30.3 Å². The summed E-state index contributed by atoms with van der Waals surface area (Å²) in [5.41, 5.74) is 2.36. The van der Waals surface area contributed by atoms with Crippen LogP contribution in [0.2, 0.25) is 5.02 Å². The Hall–Kier alpha value is -1.92. The molecule has 1 aliphatic heterocycles. The van der Waals surface area contributed by atoms with Crippen molar-refractivity contribution < 1.29 is 0 Å². The minimum atomic E-state index is 0.0767. The van der Waals surface area contributed by atoms with Crippen LogP contribution in [0, 0.1) is 18.8 Å². The van der Waals surface area contributed by atoms with Gasteiger partial charge in [0.15, 0.2) is 5.11 Å². The molecule has 2 aromatic rings. The number of nitrogens with zero attached hydrogens (tertiary/aromatic N) is 3. The van der Waals surface area contributed by atoms with E-state index in [2.05, 4.69) is 52.6 Å². The highest BCUT2D eigenvalue weighted by molar-refractivity contribution is 7.80. The highest BCUT2D eigenvalue weighted by atomic mass is 35.5. The van der Waals surface area contributed by atoms with Gasteiger partial charge in [0.1, 0.15) is 5.82 Å². The Morgan fingerprint density at radius 3 is 2.42 bits per heavy atom. The maximum absolute atomic E-state index is 6.15. The van der Waals surface area contributed by atoms with E-state index >= 15 is 0 Å². The molecule has 33 heavy (non-hydrogen) atoms. The van der Waals surface area contributed by atoms with Gasteiger partial charge >= 0.3 is 0 Å². The van der Waals surface area contributed by atoms with Crippen LogP contribution in [-0.4, -0.2) is 34.7 Å². The van der Waals surface area contributed by atoms with E-state index in [1.807, 2.05) is 19.1 Å². The number of thiocarbonyl (C=S) groups is 1. The Morgan fingerprint density at radius 2 is 1.76 bits per heavy atom. The standard InChI is InChI=1S/C26H36ClN5S/c1-18-13-19(2)16-32(15-18)23-14-20(3)29-24(30-23)31-25(33)28-17-26(11-5-4-6-12-26)21-7-9-22(27)10-8-21/h7-10,14,18-19H,4-6,11-13,15-17H2,1-3H3,(H2,28,29,30,31,33)/t18-,19-/m1/s1. The van der Waals surface area contributed by atoms with Gasteiger partial charge in [-0.25, -0.2) is 4.98 Å². The molecule has 1 saturated heterocycles. The lowest BCUT2D eigenvalue weighted by Crippen LogP contribution is -2.43. The summed E-state index contributed by atoms with van der Waals surface area (Å²) in [6.45, 7) is 9.51. The van der Waals surface area contributed by atoms with Crippen molar-refractivity contribution in [2.75, 3.05) is 29.9 Å². The predicted octanol–water partition coefficient (Wildman–Crippen LogP) is 6.11. The fraction of sp³-hybridized carbons (Fsp3) is 0.577. The van der Waals surface area contributed by atoms with Gasteiger partial charge in [-0.15, -0.1) is 0 Å². The third kappa shape index (κ3) is 6.15. The molecule has 2 fully saturated rings. The number of hydrogen-bond acceptors (Lipinski definition) is 4. The maximum atomic E-state index is 6.15. The van der Waals surface area contributed by atoms with Crippen LogP contribution in [0.5, 0.6) is 0 Å². The van der Waals surface area contributed by atoms with E-state index in [0.29, 0.717) is 22.9 Å². The minimum Gasteiger partial charge on any atom is -0.361 e. The lowest BCUT2D eigenvalue weighted by molar-refractivity contribution is 0.292. The van der Waals surface area contributed by atoms with E-state index in [9.17, 15) is 0 Å². The van der Waals surface area contributed by atoms with Gasteiger partial charge in [0, 0.05) is 41.8 Å². The zero-order chi connectivity index (χ0) is 23.4. The molecule has 5 nitrogen and oxygen atoms in total. The molecule has 2 N–H and O–H groups in total. The second-order valence-electron chi connectivity index (χ2n) is 10.2. The highest BCUT2D eigenvalue weighted by Crippen LogP contribution is 2.39. The summed E-state index contributed by atoms with van der Waals surface area (Å²) in [6.07, 6.45) is 7.35. The van der Waals surface area contributed by atoms with Crippen molar-refractivity contribution in [2.24, 2.45) is 11.8 Å². The van der Waals surface area contributed by atoms with Gasteiger partial charge < -0.3 is 15.5 Å². The minimum absolute atomic E-state index is 0.0767. The Bertz CT molecular complexity index is 948. The summed E-state index contributed by atoms with van der Waals surface area (Å²) in [4.78, 5) is 11.8. The first-order chi connectivity index (χ1) is 15.8. The van der Waals surface area contributed by atoms with Gasteiger partial charge in [0.2, 0.25) is 5.95 Å². The van der Waals surface area contributed by atoms with Gasteiger partial charge in [0.25, 0.3) is 0 Å². The predicted molar refractivity (Wildman–Crippen MR) is 142 cm³/mol. The summed E-state index contributed by atoms with van der Waals surface area (Å²) in [7, 11) is 0. The van der Waals surface area contributed by atoms with Crippen molar-refractivity contribution in [3.8, 4) is 0 Å². The van der Waals surface area contributed by atoms with Crippen molar-refractivity contribution in [3.05, 3.63) is 46.6 Å². The van der Waals surface area contributed by atoms with Crippen LogP contribution in [0.1, 0.15) is 63.6 Å². The average Bonchev–Trinajstić information content (AvgIpc) is 2.78.